The zero-order chi connectivity index (χ0) is 37.5. The first kappa shape index (κ1) is 37.9. The fraction of sp³-hybridized carbons (Fsp3) is 0.442. The number of anilines is 1. The van der Waals surface area contributed by atoms with Crippen LogP contribution >= 0.6 is 0 Å². The van der Waals surface area contributed by atoms with Gasteiger partial charge < -0.3 is 29.7 Å². The lowest BCUT2D eigenvalue weighted by Gasteiger charge is -2.37. The molecule has 0 unspecified atom stereocenters. The van der Waals surface area contributed by atoms with Gasteiger partial charge in [0.25, 0.3) is 5.91 Å². The fourth-order valence-electron chi connectivity index (χ4n) is 8.57. The second kappa shape index (κ2) is 16.9. The van der Waals surface area contributed by atoms with Crippen LogP contribution in [0.15, 0.2) is 98.1 Å². The van der Waals surface area contributed by atoms with E-state index in [1.54, 1.807) is 28.9 Å². The molecule has 0 radical (unpaired) electrons. The number of fused-ring (bicyclic) bond motifs is 2. The lowest BCUT2D eigenvalue weighted by atomic mass is 9.70. The smallest absolute Gasteiger partial charge is 0.313 e. The van der Waals surface area contributed by atoms with E-state index < -0.39 is 47.7 Å². The maximum atomic E-state index is 15.0. The number of carbonyl (C=O) groups is 4. The normalized spacial score (nSPS) is 24.0. The molecule has 3 amide bonds. The highest BCUT2D eigenvalue weighted by atomic mass is 16.6. The van der Waals surface area contributed by atoms with E-state index >= 15 is 4.79 Å². The summed E-state index contributed by atoms with van der Waals surface area (Å²) in [6, 6.07) is 21.5. The Kier molecular flexibility index (Phi) is 12.1. The summed E-state index contributed by atoms with van der Waals surface area (Å²) in [7, 11) is 0. The number of carbonyl (C=O) groups excluding carboxylic acids is 4. The monoisotopic (exact) mass is 721 g/mol. The summed E-state index contributed by atoms with van der Waals surface area (Å²) in [5.74, 6) is -3.16. The highest BCUT2D eigenvalue weighted by Crippen LogP contribution is 2.59. The average molecular weight is 722 g/mol. The lowest BCUT2D eigenvalue weighted by molar-refractivity contribution is -0.162. The Morgan fingerprint density at radius 1 is 1.02 bits per heavy atom. The summed E-state index contributed by atoms with van der Waals surface area (Å²) >= 11 is 0. The Morgan fingerprint density at radius 2 is 1.75 bits per heavy atom. The van der Waals surface area contributed by atoms with Crippen molar-refractivity contribution in [1.82, 2.24) is 10.2 Å². The van der Waals surface area contributed by atoms with Crippen molar-refractivity contribution in [3.8, 4) is 0 Å². The van der Waals surface area contributed by atoms with Gasteiger partial charge in [0.05, 0.1) is 24.0 Å². The van der Waals surface area contributed by atoms with Crippen molar-refractivity contribution >= 4 is 40.2 Å². The van der Waals surface area contributed by atoms with E-state index in [4.69, 9.17) is 9.47 Å². The van der Waals surface area contributed by atoms with E-state index in [-0.39, 0.29) is 37.3 Å². The molecule has 7 atom stereocenters. The number of rotatable bonds is 18. The highest BCUT2D eigenvalue weighted by molar-refractivity contribution is 6.05. The Morgan fingerprint density at radius 3 is 2.49 bits per heavy atom. The van der Waals surface area contributed by atoms with Gasteiger partial charge in [-0.15, -0.1) is 13.2 Å². The van der Waals surface area contributed by atoms with E-state index in [2.05, 4.69) is 18.5 Å². The third-order valence-electron chi connectivity index (χ3n) is 11.0. The number of amides is 3. The molecule has 3 saturated heterocycles. The molecule has 0 aromatic heterocycles. The van der Waals surface area contributed by atoms with Crippen molar-refractivity contribution in [2.75, 3.05) is 24.6 Å². The Hall–Kier alpha value is -4.80. The molecule has 2 bridgehead atoms. The predicted molar refractivity (Wildman–Crippen MR) is 204 cm³/mol. The molecule has 3 heterocycles. The molecular weight excluding hydrogens is 670 g/mol. The number of nitrogens with zero attached hydrogens (tertiary/aromatic N) is 2. The number of unbranched alkanes of at least 4 members (excludes halogenated alkanes) is 3. The first-order valence-corrected chi connectivity index (χ1v) is 18.9. The second-order valence-corrected chi connectivity index (χ2v) is 14.4. The van der Waals surface area contributed by atoms with Gasteiger partial charge in [-0.1, -0.05) is 85.7 Å². The first-order valence-electron chi connectivity index (χ1n) is 18.9. The molecule has 0 aliphatic carbocycles. The zero-order valence-corrected chi connectivity index (χ0v) is 30.5. The molecule has 3 fully saturated rings. The van der Waals surface area contributed by atoms with E-state index in [9.17, 15) is 19.5 Å². The Balaban J connectivity index is 1.32. The number of benzene rings is 3. The van der Waals surface area contributed by atoms with Crippen LogP contribution in [-0.4, -0.2) is 77.2 Å². The minimum atomic E-state index is -1.21. The van der Waals surface area contributed by atoms with Gasteiger partial charge >= 0.3 is 5.97 Å². The average Bonchev–Trinajstić information content (AvgIpc) is 3.82. The minimum absolute atomic E-state index is 0.0946. The number of aliphatic hydroxyl groups is 1. The first-order chi connectivity index (χ1) is 25.7. The molecule has 3 aromatic rings. The molecule has 280 valence electrons. The quantitative estimate of drug-likeness (QED) is 0.0933. The summed E-state index contributed by atoms with van der Waals surface area (Å²) < 4.78 is 13.0. The number of nitrogens with one attached hydrogen (secondary N) is 1. The van der Waals surface area contributed by atoms with Gasteiger partial charge in [-0.2, -0.15) is 0 Å². The highest BCUT2D eigenvalue weighted by Gasteiger charge is 2.75. The lowest BCUT2D eigenvalue weighted by Crippen LogP contribution is -2.56. The van der Waals surface area contributed by atoms with Crippen LogP contribution in [-0.2, 0) is 28.7 Å². The third-order valence-corrected chi connectivity index (χ3v) is 11.0. The summed E-state index contributed by atoms with van der Waals surface area (Å²) in [4.78, 5) is 60.1. The molecule has 10 heteroatoms. The Bertz CT molecular complexity index is 1810. The second-order valence-electron chi connectivity index (χ2n) is 14.4. The van der Waals surface area contributed by atoms with E-state index in [0.717, 1.165) is 23.6 Å². The van der Waals surface area contributed by atoms with Crippen molar-refractivity contribution in [2.45, 2.75) is 88.2 Å². The Labute approximate surface area is 311 Å². The van der Waals surface area contributed by atoms with Crippen LogP contribution in [0.2, 0.25) is 0 Å². The van der Waals surface area contributed by atoms with Crippen molar-refractivity contribution in [3.05, 3.63) is 104 Å². The summed E-state index contributed by atoms with van der Waals surface area (Å²) in [6.45, 7) is 10.1. The van der Waals surface area contributed by atoms with Gasteiger partial charge in [-0.05, 0) is 67.5 Å². The van der Waals surface area contributed by atoms with Gasteiger partial charge in [0.1, 0.15) is 17.7 Å². The molecular formula is C43H51N3O7. The standard InChI is InChI=1S/C43H51N3O7/c1-4-6-20-35(48)44-29(3)38(31-17-10-9-11-18-31)52-42(51)36-34-23-24-43(53-34)37(36)40(49)46(26-14-7-8-15-27-47)39(43)41(50)45(25-5-2)33-22-21-30-16-12-13-19-32(30)28-33/h4-5,9-13,16-19,21-22,28-29,34,36-39,47H,1-2,6-8,14-15,20,23-27H2,3H3,(H,44,48)/t29-,34-,36+,37+,38-,39-,43+/m0/s1. The summed E-state index contributed by atoms with van der Waals surface area (Å²) in [5.41, 5.74) is 0.181. The number of hydrogen-bond acceptors (Lipinski definition) is 7. The van der Waals surface area contributed by atoms with Crippen LogP contribution < -0.4 is 10.2 Å². The van der Waals surface area contributed by atoms with Crippen LogP contribution in [0.3, 0.4) is 0 Å². The molecule has 0 saturated carbocycles. The molecule has 2 N–H and O–H groups in total. The zero-order valence-electron chi connectivity index (χ0n) is 30.5. The van der Waals surface area contributed by atoms with Gasteiger partial charge in [-0.25, -0.2) is 0 Å². The van der Waals surface area contributed by atoms with Crippen LogP contribution in [0, 0.1) is 11.8 Å². The molecule has 3 aliphatic heterocycles. The number of allylic oxidation sites excluding steroid dienone is 1. The van der Waals surface area contributed by atoms with E-state index in [0.29, 0.717) is 49.9 Å². The van der Waals surface area contributed by atoms with Crippen LogP contribution in [0.5, 0.6) is 0 Å². The van der Waals surface area contributed by atoms with E-state index in [1.165, 1.54) is 0 Å². The molecule has 1 spiro atoms. The SMILES string of the molecule is C=CCCC(=O)N[C@@H](C)[C@H](OC(=O)[C@@H]1[C@@H]2CC[C@]3(O2)[C@H](C(=O)N(CC=C)c2ccc4ccccc4c2)N(CCCCCCO)C(=O)[C@@H]13)c1ccccc1. The van der Waals surface area contributed by atoms with Crippen LogP contribution in [0.1, 0.15) is 70.0 Å². The van der Waals surface area contributed by atoms with Crippen molar-refractivity contribution in [2.24, 2.45) is 11.8 Å². The van der Waals surface area contributed by atoms with Gasteiger partial charge in [0.15, 0.2) is 0 Å². The van der Waals surface area contributed by atoms with Crippen molar-refractivity contribution < 1.29 is 33.8 Å². The predicted octanol–water partition coefficient (Wildman–Crippen LogP) is 6.04. The third kappa shape index (κ3) is 7.66. The van der Waals surface area contributed by atoms with Crippen molar-refractivity contribution in [3.63, 3.8) is 0 Å². The number of aliphatic hydroxyl groups excluding tert-OH is 1. The maximum Gasteiger partial charge on any atom is 0.313 e. The van der Waals surface area contributed by atoms with Crippen LogP contribution in [0.4, 0.5) is 5.69 Å². The summed E-state index contributed by atoms with van der Waals surface area (Å²) in [6.07, 6.45) is 6.52. The number of esters is 1. The van der Waals surface area contributed by atoms with Crippen LogP contribution in [0.25, 0.3) is 10.8 Å². The van der Waals surface area contributed by atoms with Crippen molar-refractivity contribution in [1.29, 1.82) is 0 Å². The summed E-state index contributed by atoms with van der Waals surface area (Å²) in [5, 5.41) is 14.3. The molecule has 53 heavy (non-hydrogen) atoms. The molecule has 10 nitrogen and oxygen atoms in total. The van der Waals surface area contributed by atoms with E-state index in [1.807, 2.05) is 72.8 Å². The number of ether oxygens (including phenoxy) is 2. The number of hydrogen-bond donors (Lipinski definition) is 2. The molecule has 6 rings (SSSR count). The largest absolute Gasteiger partial charge is 0.455 e. The van der Waals surface area contributed by atoms with Gasteiger partial charge in [0, 0.05) is 31.8 Å². The fourth-order valence-corrected chi connectivity index (χ4v) is 8.57. The maximum absolute atomic E-state index is 15.0. The van der Waals surface area contributed by atoms with Gasteiger partial charge in [-0.3, -0.25) is 19.2 Å². The number of likely N-dealkylation sites (tertiary alicyclic amines) is 1. The minimum Gasteiger partial charge on any atom is -0.455 e. The molecule has 3 aromatic carbocycles. The van der Waals surface area contributed by atoms with Gasteiger partial charge in [0.2, 0.25) is 11.8 Å². The molecule has 3 aliphatic rings. The topological polar surface area (TPSA) is 125 Å².